The molecule has 1 aliphatic heterocycles. The largest absolute Gasteiger partial charge is 0.493 e. The average Bonchev–Trinajstić information content (AvgIpc) is 3.30. The Morgan fingerprint density at radius 3 is 2.89 bits per heavy atom. The number of aromatic nitrogens is 5. The van der Waals surface area contributed by atoms with Crippen LogP contribution in [0.25, 0.3) is 10.9 Å². The number of aryl methyl sites for hydroxylation is 1. The number of carboxylic acid groups (broad SMARTS) is 1. The lowest BCUT2D eigenvalue weighted by molar-refractivity contribution is -0.137. The molecule has 5 rings (SSSR count). The number of carboxylic acids is 1. The summed E-state index contributed by atoms with van der Waals surface area (Å²) in [5.74, 6) is 1.26. The summed E-state index contributed by atoms with van der Waals surface area (Å²) in [4.78, 5) is 24.7. The second kappa shape index (κ2) is 9.96. The van der Waals surface area contributed by atoms with E-state index in [9.17, 15) is 9.90 Å². The maximum atomic E-state index is 11.6. The second-order valence-electron chi connectivity index (χ2n) is 8.45. The lowest BCUT2D eigenvalue weighted by Gasteiger charge is -2.17. The zero-order valence-corrected chi connectivity index (χ0v) is 19.4. The maximum absolute atomic E-state index is 11.6. The summed E-state index contributed by atoms with van der Waals surface area (Å²) in [6.07, 6.45) is 7.75. The van der Waals surface area contributed by atoms with Crippen LogP contribution in [0.5, 0.6) is 5.75 Å². The number of hydrogen-bond acceptors (Lipinski definition) is 8. The molecule has 1 unspecified atom stereocenters. The summed E-state index contributed by atoms with van der Waals surface area (Å²) in [6, 6.07) is 9.37. The Morgan fingerprint density at radius 2 is 2.09 bits per heavy atom. The van der Waals surface area contributed by atoms with Crippen LogP contribution in [-0.2, 0) is 17.6 Å². The molecule has 1 atom stereocenters. The third-order valence-electron chi connectivity index (χ3n) is 6.09. The van der Waals surface area contributed by atoms with Gasteiger partial charge in [-0.3, -0.25) is 9.48 Å². The SMILES string of the molecule is CNc1ncc(C(CC(=O)O)n2ncc3cc(OCCc4ccc5c(n4)NCCC5)ccc32)cn1. The lowest BCUT2D eigenvalue weighted by Crippen LogP contribution is -2.17. The van der Waals surface area contributed by atoms with Crippen molar-refractivity contribution in [2.45, 2.75) is 31.7 Å². The molecule has 35 heavy (non-hydrogen) atoms. The lowest BCUT2D eigenvalue weighted by atomic mass is 10.1. The second-order valence-corrected chi connectivity index (χ2v) is 8.45. The number of aliphatic carboxylic acids is 1. The van der Waals surface area contributed by atoms with Gasteiger partial charge in [-0.15, -0.1) is 0 Å². The van der Waals surface area contributed by atoms with Crippen molar-refractivity contribution in [2.75, 3.05) is 30.8 Å². The van der Waals surface area contributed by atoms with Crippen molar-refractivity contribution in [3.05, 3.63) is 65.7 Å². The van der Waals surface area contributed by atoms with E-state index in [0.717, 1.165) is 47.6 Å². The van der Waals surface area contributed by atoms with Crippen LogP contribution in [-0.4, -0.2) is 56.0 Å². The topological polar surface area (TPSA) is 127 Å². The smallest absolute Gasteiger partial charge is 0.305 e. The Morgan fingerprint density at radius 1 is 1.23 bits per heavy atom. The molecule has 0 saturated heterocycles. The van der Waals surface area contributed by atoms with Crippen LogP contribution in [0.1, 0.15) is 35.7 Å². The molecule has 10 nitrogen and oxygen atoms in total. The molecule has 4 aromatic rings. The number of anilines is 2. The van der Waals surface area contributed by atoms with Gasteiger partial charge in [0.15, 0.2) is 0 Å². The van der Waals surface area contributed by atoms with Crippen LogP contribution >= 0.6 is 0 Å². The normalized spacial score (nSPS) is 13.6. The highest BCUT2D eigenvalue weighted by atomic mass is 16.5. The number of carbonyl (C=O) groups is 1. The van der Waals surface area contributed by atoms with Crippen LogP contribution in [0.15, 0.2) is 48.9 Å². The van der Waals surface area contributed by atoms with Gasteiger partial charge in [-0.25, -0.2) is 15.0 Å². The number of benzene rings is 1. The molecule has 0 saturated carbocycles. The zero-order chi connectivity index (χ0) is 24.2. The number of nitrogens with zero attached hydrogens (tertiary/aromatic N) is 5. The average molecular weight is 474 g/mol. The Balaban J connectivity index is 1.30. The van der Waals surface area contributed by atoms with Gasteiger partial charge in [0.1, 0.15) is 11.6 Å². The summed E-state index contributed by atoms with van der Waals surface area (Å²) >= 11 is 0. The van der Waals surface area contributed by atoms with Gasteiger partial charge in [-0.05, 0) is 42.7 Å². The third kappa shape index (κ3) is 5.01. The first-order valence-electron chi connectivity index (χ1n) is 11.6. The molecule has 10 heteroatoms. The number of pyridine rings is 1. The summed E-state index contributed by atoms with van der Waals surface area (Å²) in [5, 5.41) is 21.1. The molecule has 3 aromatic heterocycles. The van der Waals surface area contributed by atoms with Gasteiger partial charge in [0, 0.05) is 49.1 Å². The molecule has 0 radical (unpaired) electrons. The Kier molecular flexibility index (Phi) is 6.42. The Hall–Kier alpha value is -4.21. The Bertz CT molecular complexity index is 1340. The molecular formula is C25H27N7O3. The Labute approximate surface area is 202 Å². The monoisotopic (exact) mass is 473 g/mol. The molecule has 1 aliphatic rings. The summed E-state index contributed by atoms with van der Waals surface area (Å²) in [7, 11) is 1.73. The predicted octanol–water partition coefficient (Wildman–Crippen LogP) is 3.31. The van der Waals surface area contributed by atoms with Gasteiger partial charge in [-0.1, -0.05) is 6.07 Å². The van der Waals surface area contributed by atoms with Crippen molar-refractivity contribution in [3.8, 4) is 5.75 Å². The van der Waals surface area contributed by atoms with E-state index in [2.05, 4.69) is 37.8 Å². The van der Waals surface area contributed by atoms with Crippen molar-refractivity contribution < 1.29 is 14.6 Å². The molecule has 0 bridgehead atoms. The molecule has 0 amide bonds. The van der Waals surface area contributed by atoms with Crippen molar-refractivity contribution in [1.29, 1.82) is 0 Å². The molecule has 0 fully saturated rings. The van der Waals surface area contributed by atoms with Crippen molar-refractivity contribution in [1.82, 2.24) is 24.7 Å². The predicted molar refractivity (Wildman–Crippen MR) is 132 cm³/mol. The highest BCUT2D eigenvalue weighted by Crippen LogP contribution is 2.28. The van der Waals surface area contributed by atoms with Crippen LogP contribution in [0, 0.1) is 0 Å². The van der Waals surface area contributed by atoms with Gasteiger partial charge in [0.05, 0.1) is 30.8 Å². The van der Waals surface area contributed by atoms with Gasteiger partial charge in [-0.2, -0.15) is 5.10 Å². The minimum absolute atomic E-state index is 0.139. The molecule has 1 aromatic carbocycles. The maximum Gasteiger partial charge on any atom is 0.305 e. The van der Waals surface area contributed by atoms with Crippen LogP contribution in [0.3, 0.4) is 0 Å². The summed E-state index contributed by atoms with van der Waals surface area (Å²) in [5.41, 5.74) is 3.75. The van der Waals surface area contributed by atoms with Crippen LogP contribution < -0.4 is 15.4 Å². The first kappa shape index (κ1) is 22.6. The van der Waals surface area contributed by atoms with E-state index >= 15 is 0 Å². The standard InChI is InChI=1S/C25H27N7O3/c1-26-25-28-13-18(14-29-25)22(12-23(33)34)32-21-7-6-20(11-17(21)15-30-32)35-10-8-19-5-4-16-3-2-9-27-24(16)31-19/h4-7,11,13-15,22H,2-3,8-10,12H2,1H3,(H,27,31)(H,33,34)(H,26,28,29). The fourth-order valence-corrected chi connectivity index (χ4v) is 4.30. The molecule has 4 heterocycles. The summed E-state index contributed by atoms with van der Waals surface area (Å²) in [6.45, 7) is 1.47. The highest BCUT2D eigenvalue weighted by molar-refractivity contribution is 5.81. The van der Waals surface area contributed by atoms with E-state index in [1.54, 1.807) is 30.3 Å². The zero-order valence-electron chi connectivity index (χ0n) is 19.4. The van der Waals surface area contributed by atoms with Crippen molar-refractivity contribution in [3.63, 3.8) is 0 Å². The van der Waals surface area contributed by atoms with Gasteiger partial charge >= 0.3 is 5.97 Å². The van der Waals surface area contributed by atoms with Crippen LogP contribution in [0.4, 0.5) is 11.8 Å². The molecule has 0 aliphatic carbocycles. The molecular weight excluding hydrogens is 446 g/mol. The van der Waals surface area contributed by atoms with E-state index in [0.29, 0.717) is 24.5 Å². The van der Waals surface area contributed by atoms with Gasteiger partial charge < -0.3 is 20.5 Å². The van der Waals surface area contributed by atoms with Crippen molar-refractivity contribution in [2.24, 2.45) is 0 Å². The van der Waals surface area contributed by atoms with Crippen LogP contribution in [0.2, 0.25) is 0 Å². The van der Waals surface area contributed by atoms with Crippen molar-refractivity contribution >= 4 is 28.6 Å². The number of hydrogen-bond donors (Lipinski definition) is 3. The molecule has 180 valence electrons. The number of fused-ring (bicyclic) bond motifs is 2. The van der Waals surface area contributed by atoms with E-state index in [1.807, 2.05) is 18.2 Å². The van der Waals surface area contributed by atoms with E-state index < -0.39 is 12.0 Å². The van der Waals surface area contributed by atoms with E-state index in [-0.39, 0.29) is 6.42 Å². The van der Waals surface area contributed by atoms with Gasteiger partial charge in [0.2, 0.25) is 5.95 Å². The van der Waals surface area contributed by atoms with Gasteiger partial charge in [0.25, 0.3) is 0 Å². The number of rotatable bonds is 9. The third-order valence-corrected chi connectivity index (χ3v) is 6.09. The number of nitrogens with one attached hydrogen (secondary N) is 2. The first-order valence-corrected chi connectivity index (χ1v) is 11.6. The molecule has 3 N–H and O–H groups in total. The fraction of sp³-hybridized carbons (Fsp3) is 0.320. The number of ether oxygens (including phenoxy) is 1. The fourth-order valence-electron chi connectivity index (χ4n) is 4.30. The quantitative estimate of drug-likeness (QED) is 0.335. The minimum atomic E-state index is -0.928. The van der Waals surface area contributed by atoms with E-state index in [4.69, 9.17) is 9.72 Å². The summed E-state index contributed by atoms with van der Waals surface area (Å²) < 4.78 is 7.69. The highest BCUT2D eigenvalue weighted by Gasteiger charge is 2.21. The molecule has 0 spiro atoms. The minimum Gasteiger partial charge on any atom is -0.493 e. The first-order chi connectivity index (χ1) is 17.1. The van der Waals surface area contributed by atoms with E-state index in [1.165, 1.54) is 5.56 Å².